The Labute approximate surface area is 160 Å². The Morgan fingerprint density at radius 2 is 1.23 bits per heavy atom. The van der Waals surface area contributed by atoms with Gasteiger partial charge in [0.05, 0.1) is 6.61 Å². The van der Waals surface area contributed by atoms with Crippen molar-refractivity contribution in [3.8, 4) is 0 Å². The second kappa shape index (κ2) is 20.1. The molecule has 0 aromatic heterocycles. The first kappa shape index (κ1) is 24.7. The number of unbranched alkanes of at least 4 members (excludes halogenated alkanes) is 13. The van der Waals surface area contributed by atoms with Crippen molar-refractivity contribution in [3.63, 3.8) is 0 Å². The Bertz CT molecular complexity index is 334. The van der Waals surface area contributed by atoms with Gasteiger partial charge in [0.25, 0.3) is 0 Å². The second-order valence-electron chi connectivity index (χ2n) is 7.15. The SMILES string of the molecule is CCCCCCCCCCCCCCOC(=O)CCCCCNC(=O)O. The number of ether oxygens (including phenoxy) is 1. The van der Waals surface area contributed by atoms with E-state index in [2.05, 4.69) is 12.2 Å². The van der Waals surface area contributed by atoms with E-state index >= 15 is 0 Å². The minimum Gasteiger partial charge on any atom is -0.466 e. The van der Waals surface area contributed by atoms with Crippen molar-refractivity contribution in [2.45, 2.75) is 110 Å². The highest BCUT2D eigenvalue weighted by atomic mass is 16.5. The number of carboxylic acid groups (broad SMARTS) is 1. The van der Waals surface area contributed by atoms with Crippen molar-refractivity contribution in [1.82, 2.24) is 5.32 Å². The molecule has 154 valence electrons. The molecule has 0 aliphatic heterocycles. The van der Waals surface area contributed by atoms with E-state index in [1.165, 1.54) is 64.2 Å². The zero-order valence-corrected chi connectivity index (χ0v) is 16.9. The normalized spacial score (nSPS) is 10.7. The molecule has 0 atom stereocenters. The van der Waals surface area contributed by atoms with E-state index in [4.69, 9.17) is 9.84 Å². The Morgan fingerprint density at radius 1 is 0.731 bits per heavy atom. The summed E-state index contributed by atoms with van der Waals surface area (Å²) in [7, 11) is 0. The van der Waals surface area contributed by atoms with Crippen LogP contribution in [0.1, 0.15) is 110 Å². The van der Waals surface area contributed by atoms with Crippen molar-refractivity contribution >= 4 is 12.1 Å². The highest BCUT2D eigenvalue weighted by Gasteiger charge is 2.02. The van der Waals surface area contributed by atoms with Gasteiger partial charge in [0, 0.05) is 13.0 Å². The van der Waals surface area contributed by atoms with Gasteiger partial charge in [-0.3, -0.25) is 4.79 Å². The monoisotopic (exact) mass is 371 g/mol. The summed E-state index contributed by atoms with van der Waals surface area (Å²) in [4.78, 5) is 21.8. The first-order valence-electron chi connectivity index (χ1n) is 10.8. The zero-order chi connectivity index (χ0) is 19.3. The fraction of sp³-hybridized carbons (Fsp3) is 0.905. The van der Waals surface area contributed by atoms with Crippen molar-refractivity contribution < 1.29 is 19.4 Å². The van der Waals surface area contributed by atoms with E-state index in [-0.39, 0.29) is 5.97 Å². The van der Waals surface area contributed by atoms with Crippen LogP contribution < -0.4 is 5.32 Å². The molecule has 0 aliphatic rings. The summed E-state index contributed by atoms with van der Waals surface area (Å²) in [5.74, 6) is -0.126. The van der Waals surface area contributed by atoms with E-state index in [9.17, 15) is 9.59 Å². The van der Waals surface area contributed by atoms with Crippen LogP contribution in [0.3, 0.4) is 0 Å². The average Bonchev–Trinajstić information content (AvgIpc) is 2.61. The summed E-state index contributed by atoms with van der Waals surface area (Å²) in [6, 6.07) is 0. The Balaban J connectivity index is 3.15. The van der Waals surface area contributed by atoms with Gasteiger partial charge < -0.3 is 15.2 Å². The molecule has 0 saturated carbocycles. The van der Waals surface area contributed by atoms with Crippen LogP contribution in [0.25, 0.3) is 0 Å². The maximum atomic E-state index is 11.6. The van der Waals surface area contributed by atoms with Gasteiger partial charge in [-0.25, -0.2) is 4.79 Å². The summed E-state index contributed by atoms with van der Waals surface area (Å²) < 4.78 is 5.23. The number of amides is 1. The van der Waals surface area contributed by atoms with E-state index < -0.39 is 6.09 Å². The lowest BCUT2D eigenvalue weighted by atomic mass is 10.1. The molecule has 0 aliphatic carbocycles. The molecule has 1 amide bonds. The minimum atomic E-state index is -0.994. The van der Waals surface area contributed by atoms with Crippen LogP contribution in [0.5, 0.6) is 0 Å². The van der Waals surface area contributed by atoms with Gasteiger partial charge in [-0.2, -0.15) is 0 Å². The molecule has 26 heavy (non-hydrogen) atoms. The summed E-state index contributed by atoms with van der Waals surface area (Å²) in [6.45, 7) is 3.24. The van der Waals surface area contributed by atoms with E-state index in [0.717, 1.165) is 32.1 Å². The molecule has 0 saturated heterocycles. The maximum absolute atomic E-state index is 11.6. The van der Waals surface area contributed by atoms with Crippen molar-refractivity contribution in [3.05, 3.63) is 0 Å². The number of carbonyl (C=O) groups excluding carboxylic acids is 1. The molecule has 0 fully saturated rings. The van der Waals surface area contributed by atoms with E-state index in [0.29, 0.717) is 19.6 Å². The average molecular weight is 372 g/mol. The molecule has 0 heterocycles. The number of rotatable bonds is 19. The molecule has 2 N–H and O–H groups in total. The zero-order valence-electron chi connectivity index (χ0n) is 16.9. The van der Waals surface area contributed by atoms with Crippen molar-refractivity contribution in [2.24, 2.45) is 0 Å². The van der Waals surface area contributed by atoms with Crippen LogP contribution in [-0.2, 0) is 9.53 Å². The summed E-state index contributed by atoms with van der Waals surface area (Å²) in [5, 5.41) is 10.7. The topological polar surface area (TPSA) is 75.6 Å². The van der Waals surface area contributed by atoms with Crippen LogP contribution in [0.2, 0.25) is 0 Å². The molecule has 0 aromatic carbocycles. The smallest absolute Gasteiger partial charge is 0.404 e. The van der Waals surface area contributed by atoms with Gasteiger partial charge in [-0.15, -0.1) is 0 Å². The molecule has 0 rings (SSSR count). The number of hydrogen-bond acceptors (Lipinski definition) is 3. The van der Waals surface area contributed by atoms with Gasteiger partial charge in [0.1, 0.15) is 0 Å². The Kier molecular flexibility index (Phi) is 19.1. The lowest BCUT2D eigenvalue weighted by Crippen LogP contribution is -2.21. The molecule has 0 bridgehead atoms. The van der Waals surface area contributed by atoms with Crippen LogP contribution in [-0.4, -0.2) is 30.3 Å². The number of esters is 1. The first-order valence-corrected chi connectivity index (χ1v) is 10.8. The van der Waals surface area contributed by atoms with Crippen molar-refractivity contribution in [2.75, 3.05) is 13.2 Å². The second-order valence-corrected chi connectivity index (χ2v) is 7.15. The Morgan fingerprint density at radius 3 is 1.77 bits per heavy atom. The third-order valence-electron chi connectivity index (χ3n) is 4.59. The molecular weight excluding hydrogens is 330 g/mol. The fourth-order valence-electron chi connectivity index (χ4n) is 2.97. The van der Waals surface area contributed by atoms with Gasteiger partial charge in [-0.1, -0.05) is 84.0 Å². The fourth-order valence-corrected chi connectivity index (χ4v) is 2.97. The summed E-state index contributed by atoms with van der Waals surface area (Å²) in [6.07, 6.45) is 17.4. The third kappa shape index (κ3) is 20.8. The predicted octanol–water partition coefficient (Wildman–Crippen LogP) is 6.06. The van der Waals surface area contributed by atoms with Gasteiger partial charge >= 0.3 is 12.1 Å². The van der Waals surface area contributed by atoms with Crippen molar-refractivity contribution in [1.29, 1.82) is 0 Å². The standard InChI is InChI=1S/C21H41NO4/c1-2-3-4-5-6-7-8-9-10-11-12-16-19-26-20(23)17-14-13-15-18-22-21(24)25/h22H,2-19H2,1H3,(H,24,25). The first-order chi connectivity index (χ1) is 12.7. The molecular formula is C21H41NO4. The van der Waals surface area contributed by atoms with Crippen LogP contribution >= 0.6 is 0 Å². The van der Waals surface area contributed by atoms with Crippen LogP contribution in [0.15, 0.2) is 0 Å². The van der Waals surface area contributed by atoms with E-state index in [1.807, 2.05) is 0 Å². The van der Waals surface area contributed by atoms with Crippen LogP contribution in [0.4, 0.5) is 4.79 Å². The highest BCUT2D eigenvalue weighted by molar-refractivity contribution is 5.69. The number of nitrogens with one attached hydrogen (secondary N) is 1. The van der Waals surface area contributed by atoms with Gasteiger partial charge in [-0.05, 0) is 19.3 Å². The Hall–Kier alpha value is -1.26. The van der Waals surface area contributed by atoms with Crippen LogP contribution in [0, 0.1) is 0 Å². The molecule has 5 heteroatoms. The molecule has 0 spiro atoms. The minimum absolute atomic E-state index is 0.126. The molecule has 0 unspecified atom stereocenters. The predicted molar refractivity (Wildman–Crippen MR) is 107 cm³/mol. The quantitative estimate of drug-likeness (QED) is 0.214. The largest absolute Gasteiger partial charge is 0.466 e. The molecule has 0 radical (unpaired) electrons. The lowest BCUT2D eigenvalue weighted by Gasteiger charge is -2.05. The number of hydrogen-bond donors (Lipinski definition) is 2. The van der Waals surface area contributed by atoms with Gasteiger partial charge in [0.2, 0.25) is 0 Å². The number of carbonyl (C=O) groups is 2. The summed E-state index contributed by atoms with van der Waals surface area (Å²) >= 11 is 0. The highest BCUT2D eigenvalue weighted by Crippen LogP contribution is 2.12. The summed E-state index contributed by atoms with van der Waals surface area (Å²) in [5.41, 5.74) is 0. The molecule has 5 nitrogen and oxygen atoms in total. The van der Waals surface area contributed by atoms with E-state index in [1.54, 1.807) is 0 Å². The van der Waals surface area contributed by atoms with Gasteiger partial charge in [0.15, 0.2) is 0 Å². The third-order valence-corrected chi connectivity index (χ3v) is 4.59. The molecule has 0 aromatic rings. The lowest BCUT2D eigenvalue weighted by molar-refractivity contribution is -0.143. The maximum Gasteiger partial charge on any atom is 0.404 e.